The Balaban J connectivity index is 2.61. The third-order valence-electron chi connectivity index (χ3n) is 3.09. The first-order chi connectivity index (χ1) is 10.0. The lowest BCUT2D eigenvalue weighted by molar-refractivity contribution is -0.0454. The molecule has 2 heterocycles. The van der Waals surface area contributed by atoms with Crippen molar-refractivity contribution in [3.05, 3.63) is 31.3 Å². The number of H-pyrrole nitrogens is 1. The number of hydrogen-bond acceptors (Lipinski definition) is 7. The molecule has 11 nitrogen and oxygen atoms in total. The van der Waals surface area contributed by atoms with Crippen LogP contribution >= 0.6 is 0 Å². The van der Waals surface area contributed by atoms with Gasteiger partial charge in [0, 0.05) is 11.3 Å². The molecule has 1 saturated heterocycles. The first-order valence-electron chi connectivity index (χ1n) is 5.95. The molecular formula is C10H13N5O6. The van der Waals surface area contributed by atoms with Crippen LogP contribution in [0.4, 0.5) is 5.82 Å². The lowest BCUT2D eigenvalue weighted by Crippen LogP contribution is -2.33. The van der Waals surface area contributed by atoms with Crippen LogP contribution in [0, 0.1) is 0 Å². The van der Waals surface area contributed by atoms with Crippen molar-refractivity contribution in [1.82, 2.24) is 9.55 Å². The van der Waals surface area contributed by atoms with Gasteiger partial charge in [-0.15, -0.1) is 0 Å². The van der Waals surface area contributed by atoms with Gasteiger partial charge < -0.3 is 19.7 Å². The molecule has 114 valence electrons. The van der Waals surface area contributed by atoms with Gasteiger partial charge in [0.15, 0.2) is 5.82 Å². The summed E-state index contributed by atoms with van der Waals surface area (Å²) in [6.45, 7) is -0.441. The van der Waals surface area contributed by atoms with Crippen molar-refractivity contribution in [3.8, 4) is 5.75 Å². The molecule has 1 unspecified atom stereocenters. The number of aliphatic hydroxyl groups excluding tert-OH is 2. The van der Waals surface area contributed by atoms with E-state index in [1.54, 1.807) is 0 Å². The minimum atomic E-state index is -1.00. The molecule has 1 aliphatic rings. The lowest BCUT2D eigenvalue weighted by Gasteiger charge is -2.17. The molecule has 1 aromatic rings. The van der Waals surface area contributed by atoms with Crippen molar-refractivity contribution in [3.63, 3.8) is 0 Å². The van der Waals surface area contributed by atoms with Gasteiger partial charge in [-0.05, 0) is 10.6 Å². The number of methoxy groups -OCH3 is 1. The van der Waals surface area contributed by atoms with Crippen LogP contribution in [0.3, 0.4) is 0 Å². The topological polar surface area (TPSA) is 163 Å². The molecule has 0 saturated carbocycles. The number of ether oxygens (including phenoxy) is 2. The zero-order valence-corrected chi connectivity index (χ0v) is 11.0. The largest absolute Gasteiger partial charge is 0.490 e. The van der Waals surface area contributed by atoms with E-state index in [4.69, 9.17) is 20.1 Å². The first-order valence-corrected chi connectivity index (χ1v) is 5.95. The van der Waals surface area contributed by atoms with E-state index in [0.29, 0.717) is 0 Å². The molecule has 3 atom stereocenters. The minimum Gasteiger partial charge on any atom is -0.490 e. The Bertz CT molecular complexity index is 690. The SMILES string of the molecule is COc1c(N=[N+]=[N-])n([C@@H]2CC(O)[C@H](CO)O2)c(=O)[nH]c1=O. The van der Waals surface area contributed by atoms with Gasteiger partial charge in [-0.25, -0.2) is 4.79 Å². The molecule has 0 radical (unpaired) electrons. The number of aromatic nitrogens is 2. The summed E-state index contributed by atoms with van der Waals surface area (Å²) in [6, 6.07) is 0. The van der Waals surface area contributed by atoms with Crippen molar-refractivity contribution < 1.29 is 19.7 Å². The van der Waals surface area contributed by atoms with E-state index in [-0.39, 0.29) is 18.0 Å². The van der Waals surface area contributed by atoms with Crippen LogP contribution in [-0.4, -0.2) is 45.7 Å². The van der Waals surface area contributed by atoms with Gasteiger partial charge in [-0.2, -0.15) is 0 Å². The number of azide groups is 1. The predicted molar refractivity (Wildman–Crippen MR) is 68.3 cm³/mol. The van der Waals surface area contributed by atoms with E-state index in [0.717, 1.165) is 4.57 Å². The summed E-state index contributed by atoms with van der Waals surface area (Å²) in [5.41, 5.74) is 6.86. The number of nitrogens with zero attached hydrogens (tertiary/aromatic N) is 4. The van der Waals surface area contributed by atoms with Gasteiger partial charge in [-0.1, -0.05) is 0 Å². The first kappa shape index (κ1) is 15.1. The van der Waals surface area contributed by atoms with Crippen LogP contribution in [0.25, 0.3) is 10.4 Å². The normalized spacial score (nSPS) is 24.6. The molecule has 11 heteroatoms. The van der Waals surface area contributed by atoms with E-state index in [9.17, 15) is 14.7 Å². The maximum Gasteiger partial charge on any atom is 0.331 e. The van der Waals surface area contributed by atoms with Gasteiger partial charge in [0.2, 0.25) is 5.75 Å². The van der Waals surface area contributed by atoms with Gasteiger partial charge in [0.25, 0.3) is 5.56 Å². The Kier molecular flexibility index (Phi) is 4.29. The molecule has 2 rings (SSSR count). The molecule has 21 heavy (non-hydrogen) atoms. The van der Waals surface area contributed by atoms with E-state index in [2.05, 4.69) is 10.0 Å². The molecule has 0 aliphatic carbocycles. The van der Waals surface area contributed by atoms with Crippen LogP contribution in [0.15, 0.2) is 14.7 Å². The average Bonchev–Trinajstić information content (AvgIpc) is 2.80. The molecule has 1 fully saturated rings. The van der Waals surface area contributed by atoms with Crippen molar-refractivity contribution in [1.29, 1.82) is 0 Å². The van der Waals surface area contributed by atoms with E-state index in [1.165, 1.54) is 7.11 Å². The quantitative estimate of drug-likeness (QED) is 0.371. The molecule has 0 aromatic carbocycles. The second kappa shape index (κ2) is 5.97. The molecule has 3 N–H and O–H groups in total. The van der Waals surface area contributed by atoms with Crippen molar-refractivity contribution >= 4 is 5.82 Å². The van der Waals surface area contributed by atoms with Crippen molar-refractivity contribution in [2.24, 2.45) is 5.11 Å². The summed E-state index contributed by atoms with van der Waals surface area (Å²) in [5.74, 6) is -0.706. The average molecular weight is 299 g/mol. The maximum absolute atomic E-state index is 11.9. The molecular weight excluding hydrogens is 286 g/mol. The standard InChI is InChI=1S/C10H13N5O6/c1-20-7-8(13-14-11)15(10(19)12-9(7)18)6-2-4(17)5(3-16)21-6/h4-6,16-17H,2-3H2,1H3,(H,12,18,19)/t4?,5-,6-/m0/s1. The Morgan fingerprint density at radius 2 is 2.33 bits per heavy atom. The Morgan fingerprint density at radius 3 is 2.86 bits per heavy atom. The van der Waals surface area contributed by atoms with E-state index >= 15 is 0 Å². The smallest absolute Gasteiger partial charge is 0.331 e. The Morgan fingerprint density at radius 1 is 1.62 bits per heavy atom. The summed E-state index contributed by atoms with van der Waals surface area (Å²) in [6.07, 6.45) is -2.90. The van der Waals surface area contributed by atoms with E-state index < -0.39 is 36.3 Å². The molecule has 0 bridgehead atoms. The van der Waals surface area contributed by atoms with Gasteiger partial charge in [0.1, 0.15) is 12.3 Å². The van der Waals surface area contributed by atoms with Crippen LogP contribution in [0.5, 0.6) is 5.75 Å². The second-order valence-electron chi connectivity index (χ2n) is 4.29. The van der Waals surface area contributed by atoms with Crippen molar-refractivity contribution in [2.45, 2.75) is 24.9 Å². The summed E-state index contributed by atoms with van der Waals surface area (Å²) in [4.78, 5) is 28.1. The molecule has 1 aromatic heterocycles. The number of rotatable bonds is 4. The number of nitrogens with one attached hydrogen (secondary N) is 1. The fourth-order valence-corrected chi connectivity index (χ4v) is 2.15. The fraction of sp³-hybridized carbons (Fsp3) is 0.600. The highest BCUT2D eigenvalue weighted by molar-refractivity contribution is 5.44. The highest BCUT2D eigenvalue weighted by Crippen LogP contribution is 2.32. The van der Waals surface area contributed by atoms with Gasteiger partial charge in [0.05, 0.1) is 19.8 Å². The fourth-order valence-electron chi connectivity index (χ4n) is 2.15. The highest BCUT2D eigenvalue weighted by Gasteiger charge is 2.36. The Hall–Kier alpha value is -2.33. The molecule has 1 aliphatic heterocycles. The summed E-state index contributed by atoms with van der Waals surface area (Å²) < 4.78 is 11.0. The van der Waals surface area contributed by atoms with Gasteiger partial charge >= 0.3 is 5.69 Å². The number of aromatic amines is 1. The molecule has 0 amide bonds. The molecule has 0 spiro atoms. The van der Waals surface area contributed by atoms with Crippen LogP contribution < -0.4 is 16.0 Å². The maximum atomic E-state index is 11.9. The second-order valence-corrected chi connectivity index (χ2v) is 4.29. The third kappa shape index (κ3) is 2.62. The predicted octanol–water partition coefficient (Wildman–Crippen LogP) is -0.872. The van der Waals surface area contributed by atoms with Crippen LogP contribution in [0.2, 0.25) is 0 Å². The summed E-state index contributed by atoms with van der Waals surface area (Å²) in [5, 5.41) is 22.1. The van der Waals surface area contributed by atoms with Crippen molar-refractivity contribution in [2.75, 3.05) is 13.7 Å². The zero-order valence-electron chi connectivity index (χ0n) is 11.0. The lowest BCUT2D eigenvalue weighted by atomic mass is 10.2. The monoisotopic (exact) mass is 299 g/mol. The Labute approximate surface area is 117 Å². The zero-order chi connectivity index (χ0) is 15.6. The summed E-state index contributed by atoms with van der Waals surface area (Å²) >= 11 is 0. The minimum absolute atomic E-state index is 0.0196. The summed E-state index contributed by atoms with van der Waals surface area (Å²) in [7, 11) is 1.18. The van der Waals surface area contributed by atoms with E-state index in [1.807, 2.05) is 4.98 Å². The van der Waals surface area contributed by atoms with Gasteiger partial charge in [-0.3, -0.25) is 14.3 Å². The van der Waals surface area contributed by atoms with Crippen LogP contribution in [0.1, 0.15) is 12.6 Å². The third-order valence-corrected chi connectivity index (χ3v) is 3.09. The van der Waals surface area contributed by atoms with Crippen LogP contribution in [-0.2, 0) is 4.74 Å². The number of aliphatic hydroxyl groups is 2. The highest BCUT2D eigenvalue weighted by atomic mass is 16.5. The number of hydrogen-bond donors (Lipinski definition) is 3.